The Balaban J connectivity index is 0.000000219. The first-order valence-electron chi connectivity index (χ1n) is 21.4. The molecule has 0 aliphatic rings. The number of nitrogens with one attached hydrogen (secondary N) is 2. The van der Waals surface area contributed by atoms with Crippen LogP contribution in [0.1, 0.15) is 0 Å². The van der Waals surface area contributed by atoms with Crippen molar-refractivity contribution in [2.24, 2.45) is 0 Å². The molecule has 35 heteroatoms. The predicted octanol–water partition coefficient (Wildman–Crippen LogP) is 16.9. The summed E-state index contributed by atoms with van der Waals surface area (Å²) in [4.78, 5) is 10.7. The molecule has 0 aliphatic carbocycles. The van der Waals surface area contributed by atoms with E-state index in [9.17, 15) is 132 Å². The third-order valence-corrected chi connectivity index (χ3v) is 12.1. The summed E-state index contributed by atoms with van der Waals surface area (Å²) in [5, 5.41) is 0. The summed E-state index contributed by atoms with van der Waals surface area (Å²) in [6.07, 6.45) is 0. The number of rotatable bonds is 6. The van der Waals surface area contributed by atoms with Crippen LogP contribution in [-0.4, -0.2) is 28.3 Å². The van der Waals surface area contributed by atoms with E-state index in [0.29, 0.717) is 24.3 Å². The fraction of sp³-hybridized carbons (Fsp3) is 0. The lowest BCUT2D eigenvalue weighted by atomic mass is 9.91. The van der Waals surface area contributed by atoms with Crippen LogP contribution >= 0.6 is 0 Å². The molecule has 8 aromatic carbocycles. The number of aromatic nitrogens is 4. The van der Waals surface area contributed by atoms with Crippen LogP contribution in [0.2, 0.25) is 0 Å². The second-order valence-electron chi connectivity index (χ2n) is 16.6. The lowest BCUT2D eigenvalue weighted by molar-refractivity contribution is 0.380. The van der Waals surface area contributed by atoms with Gasteiger partial charge in [0.1, 0.15) is 11.6 Å². The molecule has 2 heterocycles. The summed E-state index contributed by atoms with van der Waals surface area (Å²) in [5.41, 5.74) is -21.7. The first-order chi connectivity index (χ1) is 39.2. The summed E-state index contributed by atoms with van der Waals surface area (Å²) < 4.78 is 426. The average Bonchev–Trinajstić information content (AvgIpc) is 3.88. The maximum atomic E-state index is 14.9. The van der Waals surface area contributed by atoms with Crippen molar-refractivity contribution in [3.63, 3.8) is 0 Å². The summed E-state index contributed by atoms with van der Waals surface area (Å²) in [5.74, 6) is -81.2. The topological polar surface area (TPSA) is 57.4 Å². The summed E-state index contributed by atoms with van der Waals surface area (Å²) in [6.45, 7) is 0. The van der Waals surface area contributed by atoms with E-state index in [1.54, 1.807) is 0 Å². The molecule has 0 aliphatic heterocycles. The Bertz CT molecular complexity index is 4120. The van der Waals surface area contributed by atoms with E-state index in [4.69, 9.17) is 0 Å². The molecule has 0 saturated heterocycles. The fourth-order valence-corrected chi connectivity index (χ4v) is 8.27. The van der Waals surface area contributed by atoms with Crippen molar-refractivity contribution in [3.8, 4) is 67.3 Å². The van der Waals surface area contributed by atoms with Gasteiger partial charge in [-0.2, -0.15) is 0 Å². The Labute approximate surface area is 447 Å². The first kappa shape index (κ1) is 61.7. The second-order valence-corrected chi connectivity index (χ2v) is 16.6. The quantitative estimate of drug-likeness (QED) is 0.0754. The van der Waals surface area contributed by atoms with Gasteiger partial charge in [0.25, 0.3) is 0 Å². The molecule has 0 bridgehead atoms. The molecule has 0 saturated carbocycles. The van der Waals surface area contributed by atoms with E-state index in [2.05, 4.69) is 9.97 Å². The van der Waals surface area contributed by atoms with Crippen molar-refractivity contribution in [3.05, 3.63) is 199 Å². The molecular weight excluding hydrogens is 1240 g/mol. The molecule has 0 unspecified atom stereocenters. The van der Waals surface area contributed by atoms with Gasteiger partial charge in [-0.1, -0.05) is 12.1 Å². The molecule has 2 N–H and O–H groups in total. The van der Waals surface area contributed by atoms with Gasteiger partial charge in [0, 0.05) is 19.5 Å². The van der Waals surface area contributed by atoms with Gasteiger partial charge in [-0.3, -0.25) is 0 Å². The van der Waals surface area contributed by atoms with E-state index in [-0.39, 0.29) is 8.41 Å². The third-order valence-electron chi connectivity index (χ3n) is 12.1. The minimum absolute atomic E-state index is 0. The van der Waals surface area contributed by atoms with Gasteiger partial charge >= 0.3 is 0 Å². The molecule has 439 valence electrons. The molecule has 10 rings (SSSR count). The second kappa shape index (κ2) is 21.7. The van der Waals surface area contributed by atoms with Crippen LogP contribution in [0.25, 0.3) is 89.4 Å². The highest BCUT2D eigenvalue weighted by Gasteiger charge is 2.38. The zero-order valence-electron chi connectivity index (χ0n) is 39.1. The van der Waals surface area contributed by atoms with E-state index in [0.717, 1.165) is 0 Å². The SMILES string of the molecule is Fc1c(F)c(F)c(-c2nc3c(-c4c(F)c(F)c(F)c(F)c4F)c(-c4c(F)c(F)c(F)c(F)c4F)ccc3[nH]2)c(F)c1F.Fc1c(F)c(F)c(-c2nc3c(-c4c(F)c(F)c(F)c(F)c4F)c(-c4c(F)c(F)c(F)c(F)c4F)ccc3[nH]2)c(F)c1F.[B]. The normalized spacial score (nSPS) is 11.6. The van der Waals surface area contributed by atoms with Crippen molar-refractivity contribution < 1.29 is 132 Å². The minimum atomic E-state index is -2.74. The van der Waals surface area contributed by atoms with E-state index < -0.39 is 264 Å². The molecule has 0 spiro atoms. The van der Waals surface area contributed by atoms with Gasteiger partial charge in [-0.25, -0.2) is 142 Å². The molecule has 85 heavy (non-hydrogen) atoms. The van der Waals surface area contributed by atoms with Crippen molar-refractivity contribution >= 4 is 30.5 Å². The summed E-state index contributed by atoms with van der Waals surface area (Å²) in [7, 11) is 0. The smallest absolute Gasteiger partial charge is 0.200 e. The maximum absolute atomic E-state index is 14.9. The number of benzene rings is 8. The average molecular weight is 1240 g/mol. The number of aromatic amines is 2. The molecule has 0 atom stereocenters. The van der Waals surface area contributed by atoms with Crippen LogP contribution < -0.4 is 0 Å². The van der Waals surface area contributed by atoms with Gasteiger partial charge in [0.15, 0.2) is 140 Å². The van der Waals surface area contributed by atoms with Crippen LogP contribution in [0.3, 0.4) is 0 Å². The molecule has 0 amide bonds. The van der Waals surface area contributed by atoms with Crippen LogP contribution in [0, 0.1) is 175 Å². The van der Waals surface area contributed by atoms with Crippen molar-refractivity contribution in [2.45, 2.75) is 0 Å². The van der Waals surface area contributed by atoms with Crippen LogP contribution in [0.5, 0.6) is 0 Å². The molecule has 4 nitrogen and oxygen atoms in total. The van der Waals surface area contributed by atoms with Gasteiger partial charge in [-0.05, 0) is 23.3 Å². The van der Waals surface area contributed by atoms with E-state index in [1.165, 1.54) is 0 Å². The van der Waals surface area contributed by atoms with Crippen molar-refractivity contribution in [1.29, 1.82) is 0 Å². The lowest BCUT2D eigenvalue weighted by Crippen LogP contribution is -2.08. The Morgan fingerprint density at radius 1 is 0.188 bits per heavy atom. The van der Waals surface area contributed by atoms with Crippen molar-refractivity contribution in [2.75, 3.05) is 0 Å². The van der Waals surface area contributed by atoms with Gasteiger partial charge in [0.05, 0.1) is 55.4 Å². The van der Waals surface area contributed by atoms with Gasteiger partial charge in [0.2, 0.25) is 34.9 Å². The zero-order chi connectivity index (χ0) is 62.2. The Morgan fingerprint density at radius 3 is 0.553 bits per heavy atom. The predicted molar refractivity (Wildman–Crippen MR) is 229 cm³/mol. The lowest BCUT2D eigenvalue weighted by Gasteiger charge is -2.16. The standard InChI is InChI=1S/2C25H3F15N2.B/c2*26-9-6(10(27)16(33)21(38)15(9)32)3-1-2-4-24(5(3)7-11(28)17(34)22(39)18(35)12(7)29)42-25(41-4)8-13(30)19(36)23(40)20(37)14(8)31;/h2*1-2H,(H,41,42);. The van der Waals surface area contributed by atoms with Gasteiger partial charge in [-0.15, -0.1) is 0 Å². The molecular formula is C50H6BF30N4. The molecule has 10 aromatic rings. The first-order valence-corrected chi connectivity index (χ1v) is 21.4. The monoisotopic (exact) mass is 1240 g/mol. The fourth-order valence-electron chi connectivity index (χ4n) is 8.27. The number of fused-ring (bicyclic) bond motifs is 2. The van der Waals surface area contributed by atoms with Crippen molar-refractivity contribution in [1.82, 2.24) is 19.9 Å². The van der Waals surface area contributed by atoms with Gasteiger partial charge < -0.3 is 9.97 Å². The largest absolute Gasteiger partial charge is 0.338 e. The molecule has 0 fully saturated rings. The number of hydrogen-bond acceptors (Lipinski definition) is 2. The number of nitrogens with zero attached hydrogens (tertiary/aromatic N) is 2. The Hall–Kier alpha value is -9.34. The van der Waals surface area contributed by atoms with Crippen LogP contribution in [0.15, 0.2) is 24.3 Å². The number of H-pyrrole nitrogens is 2. The molecule has 3 radical (unpaired) electrons. The highest BCUT2D eigenvalue weighted by atomic mass is 19.2. The van der Waals surface area contributed by atoms with E-state index in [1.807, 2.05) is 9.97 Å². The number of hydrogen-bond donors (Lipinski definition) is 2. The molecule has 2 aromatic heterocycles. The number of halogens is 30. The van der Waals surface area contributed by atoms with E-state index >= 15 is 0 Å². The maximum Gasteiger partial charge on any atom is 0.200 e. The summed E-state index contributed by atoms with van der Waals surface area (Å²) in [6, 6.07) is 1.82. The highest BCUT2D eigenvalue weighted by molar-refractivity contribution is 6.04. The third kappa shape index (κ3) is 9.05. The summed E-state index contributed by atoms with van der Waals surface area (Å²) >= 11 is 0. The van der Waals surface area contributed by atoms with Crippen LogP contribution in [-0.2, 0) is 0 Å². The Morgan fingerprint density at radius 2 is 0.353 bits per heavy atom. The van der Waals surface area contributed by atoms with Crippen LogP contribution in [0.4, 0.5) is 132 Å². The zero-order valence-corrected chi connectivity index (χ0v) is 39.1. The highest BCUT2D eigenvalue weighted by Crippen LogP contribution is 2.48. The Kier molecular flexibility index (Phi) is 15.8. The number of imidazole rings is 2. The minimum Gasteiger partial charge on any atom is -0.338 e.